The number of piperazine rings is 1. The van der Waals surface area contributed by atoms with Crippen molar-refractivity contribution in [1.29, 1.82) is 0 Å². The van der Waals surface area contributed by atoms with Crippen molar-refractivity contribution in [3.63, 3.8) is 0 Å². The van der Waals surface area contributed by atoms with Gasteiger partial charge >= 0.3 is 0 Å². The molecule has 1 atom stereocenters. The Balaban J connectivity index is 1.27. The molecule has 244 valence electrons. The third kappa shape index (κ3) is 8.31. The maximum absolute atomic E-state index is 13.8. The first-order valence-corrected chi connectivity index (χ1v) is 16.2. The first-order valence-electron chi connectivity index (χ1n) is 16.2. The Morgan fingerprint density at radius 2 is 1.50 bits per heavy atom. The Morgan fingerprint density at radius 1 is 0.848 bits per heavy atom. The number of benzene rings is 3. The second kappa shape index (κ2) is 16.0. The highest BCUT2D eigenvalue weighted by molar-refractivity contribution is 5.90. The minimum absolute atomic E-state index is 0.175. The van der Waals surface area contributed by atoms with Gasteiger partial charge < -0.3 is 34.7 Å². The van der Waals surface area contributed by atoms with Gasteiger partial charge in [0.15, 0.2) is 11.5 Å². The quantitative estimate of drug-likeness (QED) is 0.178. The van der Waals surface area contributed by atoms with Gasteiger partial charge in [-0.05, 0) is 62.2 Å². The van der Waals surface area contributed by atoms with Crippen LogP contribution in [0.15, 0.2) is 72.9 Å². The highest BCUT2D eigenvalue weighted by atomic mass is 16.5. The van der Waals surface area contributed by atoms with E-state index in [0.29, 0.717) is 43.5 Å². The van der Waals surface area contributed by atoms with Crippen molar-refractivity contribution in [2.45, 2.75) is 39.8 Å². The highest BCUT2D eigenvalue weighted by Gasteiger charge is 2.25. The average molecular weight is 628 g/mol. The lowest BCUT2D eigenvalue weighted by atomic mass is 10.0. The molecule has 1 aliphatic heterocycles. The van der Waals surface area contributed by atoms with E-state index in [9.17, 15) is 9.59 Å². The smallest absolute Gasteiger partial charge is 0.243 e. The minimum Gasteiger partial charge on any atom is -0.490 e. The zero-order valence-corrected chi connectivity index (χ0v) is 27.0. The lowest BCUT2D eigenvalue weighted by Gasteiger charge is -2.35. The molecule has 1 aromatic heterocycles. The first kappa shape index (κ1) is 32.7. The van der Waals surface area contributed by atoms with Crippen LogP contribution < -0.4 is 29.7 Å². The molecule has 1 unspecified atom stereocenters. The van der Waals surface area contributed by atoms with Crippen molar-refractivity contribution >= 4 is 28.4 Å². The van der Waals surface area contributed by atoms with Crippen molar-refractivity contribution < 1.29 is 23.8 Å². The fourth-order valence-electron chi connectivity index (χ4n) is 5.83. The van der Waals surface area contributed by atoms with Crippen LogP contribution in [0.1, 0.15) is 31.9 Å². The number of H-pyrrole nitrogens is 1. The number of anilines is 1. The van der Waals surface area contributed by atoms with Gasteiger partial charge in [-0.1, -0.05) is 36.4 Å². The Hall–Kier alpha value is -4.70. The molecular weight excluding hydrogens is 582 g/mol. The summed E-state index contributed by atoms with van der Waals surface area (Å²) in [6, 6.07) is 21.2. The number of nitrogens with one attached hydrogen (secondary N) is 3. The van der Waals surface area contributed by atoms with Gasteiger partial charge in [-0.3, -0.25) is 14.5 Å². The van der Waals surface area contributed by atoms with E-state index in [2.05, 4.69) is 37.6 Å². The molecule has 3 aromatic carbocycles. The van der Waals surface area contributed by atoms with Gasteiger partial charge in [-0.25, -0.2) is 0 Å². The predicted octanol–water partition coefficient (Wildman–Crippen LogP) is 4.53. The normalized spacial score (nSPS) is 14.1. The van der Waals surface area contributed by atoms with Crippen molar-refractivity contribution in [2.24, 2.45) is 0 Å². The summed E-state index contributed by atoms with van der Waals surface area (Å²) in [4.78, 5) is 34.9. The third-order valence-electron chi connectivity index (χ3n) is 8.05. The van der Waals surface area contributed by atoms with Gasteiger partial charge in [0.2, 0.25) is 17.6 Å². The molecule has 10 heteroatoms. The summed E-state index contributed by atoms with van der Waals surface area (Å²) in [5, 5.41) is 7.12. The van der Waals surface area contributed by atoms with Gasteiger partial charge in [0.1, 0.15) is 6.04 Å². The molecule has 3 N–H and O–H groups in total. The molecule has 0 bridgehead atoms. The number of aromatic amines is 1. The Morgan fingerprint density at radius 3 is 2.17 bits per heavy atom. The van der Waals surface area contributed by atoms with E-state index >= 15 is 0 Å². The van der Waals surface area contributed by atoms with Crippen molar-refractivity contribution in [3.05, 3.63) is 84.1 Å². The molecule has 2 amide bonds. The molecule has 5 rings (SSSR count). The average Bonchev–Trinajstić information content (AvgIpc) is 3.48. The number of nitrogens with zero attached hydrogens (tertiary/aromatic N) is 2. The third-order valence-corrected chi connectivity index (χ3v) is 8.05. The number of hydrogen-bond donors (Lipinski definition) is 3. The highest BCUT2D eigenvalue weighted by Crippen LogP contribution is 2.39. The van der Waals surface area contributed by atoms with Crippen LogP contribution in [0.5, 0.6) is 17.2 Å². The summed E-state index contributed by atoms with van der Waals surface area (Å²) in [5.74, 6) is 1.24. The van der Waals surface area contributed by atoms with Crippen LogP contribution in [0.2, 0.25) is 0 Å². The molecular formula is C36H45N5O5. The maximum Gasteiger partial charge on any atom is 0.243 e. The Labute approximate surface area is 271 Å². The molecule has 0 aliphatic carbocycles. The van der Waals surface area contributed by atoms with Crippen LogP contribution in [-0.2, 0) is 22.6 Å². The van der Waals surface area contributed by atoms with Gasteiger partial charge in [-0.15, -0.1) is 0 Å². The fourth-order valence-corrected chi connectivity index (χ4v) is 5.83. The van der Waals surface area contributed by atoms with Crippen LogP contribution in [0.3, 0.4) is 0 Å². The summed E-state index contributed by atoms with van der Waals surface area (Å²) in [5.41, 5.74) is 3.94. The number of hydrogen-bond acceptors (Lipinski definition) is 7. The van der Waals surface area contributed by atoms with E-state index in [1.165, 1.54) is 5.69 Å². The first-order chi connectivity index (χ1) is 22.5. The summed E-state index contributed by atoms with van der Waals surface area (Å²) >= 11 is 0. The molecule has 0 radical (unpaired) electrons. The standard InChI is InChI=1S/C36H45N5O5/c1-4-44-32-20-26(21-33(45-5-2)35(32)46-6-3)23-38-36(43)31(22-27-24-37-30-15-11-10-14-29(27)30)39-34(42)25-40-16-18-41(19-17-40)28-12-8-7-9-13-28/h7-15,20-21,24,31,37H,4-6,16-19,22-23,25H2,1-3H3,(H,38,43)(H,39,42). The number of amides is 2. The number of rotatable bonds is 15. The van der Waals surface area contributed by atoms with Gasteiger partial charge in [0.05, 0.1) is 26.4 Å². The van der Waals surface area contributed by atoms with Crippen LogP contribution >= 0.6 is 0 Å². The maximum atomic E-state index is 13.8. The number of aromatic nitrogens is 1. The number of para-hydroxylation sites is 2. The summed E-state index contributed by atoms with van der Waals surface area (Å²) in [6.07, 6.45) is 2.26. The Bertz CT molecular complexity index is 1560. The number of carbonyl (C=O) groups is 2. The summed E-state index contributed by atoms with van der Waals surface area (Å²) in [7, 11) is 0. The van der Waals surface area contributed by atoms with Crippen LogP contribution in [0.4, 0.5) is 5.69 Å². The van der Waals surface area contributed by atoms with Crippen molar-refractivity contribution in [3.8, 4) is 17.2 Å². The van der Waals surface area contributed by atoms with E-state index < -0.39 is 6.04 Å². The number of carbonyl (C=O) groups excluding carboxylic acids is 2. The molecule has 4 aromatic rings. The summed E-state index contributed by atoms with van der Waals surface area (Å²) in [6.45, 7) is 10.8. The zero-order chi connectivity index (χ0) is 32.3. The van der Waals surface area contributed by atoms with Crippen LogP contribution in [-0.4, -0.2) is 80.3 Å². The SMILES string of the molecule is CCOc1cc(CNC(=O)C(Cc2c[nH]c3ccccc23)NC(=O)CN2CCN(c3ccccc3)CC2)cc(OCC)c1OCC. The van der Waals surface area contributed by atoms with Crippen LogP contribution in [0.25, 0.3) is 10.9 Å². The molecule has 46 heavy (non-hydrogen) atoms. The lowest BCUT2D eigenvalue weighted by molar-refractivity contribution is -0.129. The fraction of sp³-hybridized carbons (Fsp3) is 0.389. The van der Waals surface area contributed by atoms with E-state index in [0.717, 1.165) is 48.2 Å². The molecule has 2 heterocycles. The number of fused-ring (bicyclic) bond motifs is 1. The number of ether oxygens (including phenoxy) is 3. The molecule has 0 spiro atoms. The van der Waals surface area contributed by atoms with Gasteiger partial charge in [0, 0.05) is 61.9 Å². The van der Waals surface area contributed by atoms with Crippen molar-refractivity contribution in [1.82, 2.24) is 20.5 Å². The van der Waals surface area contributed by atoms with Crippen molar-refractivity contribution in [2.75, 3.05) is 57.4 Å². The topological polar surface area (TPSA) is 108 Å². The molecule has 1 saturated heterocycles. The molecule has 1 fully saturated rings. The largest absolute Gasteiger partial charge is 0.490 e. The van der Waals surface area contributed by atoms with E-state index in [1.54, 1.807) is 0 Å². The monoisotopic (exact) mass is 627 g/mol. The molecule has 10 nitrogen and oxygen atoms in total. The van der Waals surface area contributed by atoms with Crippen LogP contribution in [0, 0.1) is 0 Å². The zero-order valence-electron chi connectivity index (χ0n) is 27.0. The van der Waals surface area contributed by atoms with E-state index in [1.807, 2.05) is 81.6 Å². The second-order valence-electron chi connectivity index (χ2n) is 11.2. The van der Waals surface area contributed by atoms with Gasteiger partial charge in [0.25, 0.3) is 0 Å². The second-order valence-corrected chi connectivity index (χ2v) is 11.2. The Kier molecular flexibility index (Phi) is 11.4. The van der Waals surface area contributed by atoms with Gasteiger partial charge in [-0.2, -0.15) is 0 Å². The lowest BCUT2D eigenvalue weighted by Crippen LogP contribution is -2.53. The molecule has 1 aliphatic rings. The predicted molar refractivity (Wildman–Crippen MR) is 181 cm³/mol. The van der Waals surface area contributed by atoms with E-state index in [4.69, 9.17) is 14.2 Å². The molecule has 0 saturated carbocycles. The van der Waals surface area contributed by atoms with E-state index in [-0.39, 0.29) is 24.9 Å². The summed E-state index contributed by atoms with van der Waals surface area (Å²) < 4.78 is 17.5. The minimum atomic E-state index is -0.766.